The molecule has 1 fully saturated rings. The fourth-order valence-electron chi connectivity index (χ4n) is 4.18. The Kier molecular flexibility index (Phi) is 14.6. The number of nitrogens with zero attached hydrogens (tertiary/aromatic N) is 2. The Morgan fingerprint density at radius 3 is 2.13 bits per heavy atom. The Balaban J connectivity index is 2.17. The zero-order valence-corrected chi connectivity index (χ0v) is 21.1. The molecule has 0 heterocycles. The van der Waals surface area contributed by atoms with E-state index in [0.717, 1.165) is 45.0 Å². The number of unbranched alkanes of at least 4 members (excludes halogenated alkanes) is 5. The Labute approximate surface area is 190 Å². The quantitative estimate of drug-likeness (QED) is 0.242. The Morgan fingerprint density at radius 1 is 0.935 bits per heavy atom. The lowest BCUT2D eigenvalue weighted by Gasteiger charge is -2.34. The maximum absolute atomic E-state index is 12.1. The van der Waals surface area contributed by atoms with Crippen LogP contribution in [0.3, 0.4) is 0 Å². The first-order valence-corrected chi connectivity index (χ1v) is 14.0. The summed E-state index contributed by atoms with van der Waals surface area (Å²) in [6.45, 7) is 7.18. The van der Waals surface area contributed by atoms with Crippen molar-refractivity contribution in [3.8, 4) is 0 Å². The van der Waals surface area contributed by atoms with Gasteiger partial charge in [-0.05, 0) is 72.0 Å². The average Bonchev–Trinajstić information content (AvgIpc) is 2.71. The van der Waals surface area contributed by atoms with Gasteiger partial charge in [0.15, 0.2) is 0 Å². The number of rotatable bonds is 17. The second-order valence-corrected chi connectivity index (χ2v) is 10.8. The molecule has 1 aliphatic carbocycles. The third-order valence-corrected chi connectivity index (χ3v) is 7.28. The summed E-state index contributed by atoms with van der Waals surface area (Å²) in [5, 5.41) is 0. The molecule has 0 aromatic rings. The molecule has 0 aromatic carbocycles. The van der Waals surface area contributed by atoms with Gasteiger partial charge in [0.1, 0.15) is 6.54 Å². The average molecular weight is 463 g/mol. The van der Waals surface area contributed by atoms with Crippen molar-refractivity contribution < 1.29 is 22.7 Å². The second-order valence-electron chi connectivity index (χ2n) is 8.84. The van der Waals surface area contributed by atoms with Gasteiger partial charge in [-0.1, -0.05) is 32.6 Å². The molecule has 184 valence electrons. The minimum Gasteiger partial charge on any atom is -0.465 e. The number of ether oxygens (including phenoxy) is 2. The van der Waals surface area contributed by atoms with Crippen molar-refractivity contribution in [1.82, 2.24) is 9.21 Å². The highest BCUT2D eigenvalue weighted by Gasteiger charge is 2.32. The van der Waals surface area contributed by atoms with E-state index in [-0.39, 0.29) is 25.3 Å². The topological polar surface area (TPSA) is 76.2 Å². The summed E-state index contributed by atoms with van der Waals surface area (Å²) in [5.41, 5.74) is 0. The van der Waals surface area contributed by atoms with Crippen molar-refractivity contribution in [2.75, 3.05) is 46.2 Å². The smallest absolute Gasteiger partial charge is 0.321 e. The first-order valence-electron chi connectivity index (χ1n) is 12.2. The van der Waals surface area contributed by atoms with Crippen LogP contribution in [0.2, 0.25) is 0 Å². The van der Waals surface area contributed by atoms with Crippen LogP contribution in [0.4, 0.5) is 0 Å². The molecular formula is C23H46N2O5S. The third-order valence-electron chi connectivity index (χ3n) is 6.00. The van der Waals surface area contributed by atoms with E-state index in [4.69, 9.17) is 9.47 Å². The molecule has 0 atom stereocenters. The van der Waals surface area contributed by atoms with Crippen molar-refractivity contribution in [3.63, 3.8) is 0 Å². The molecule has 0 spiro atoms. The number of hydrogen-bond donors (Lipinski definition) is 0. The number of carbonyl (C=O) groups is 1. The van der Waals surface area contributed by atoms with Gasteiger partial charge in [0.2, 0.25) is 10.0 Å². The summed E-state index contributed by atoms with van der Waals surface area (Å²) < 4.78 is 36.6. The van der Waals surface area contributed by atoms with E-state index in [1.807, 2.05) is 0 Å². The normalized spacial score (nSPS) is 19.8. The van der Waals surface area contributed by atoms with E-state index in [1.54, 1.807) is 6.92 Å². The molecular weight excluding hydrogens is 416 g/mol. The van der Waals surface area contributed by atoms with Gasteiger partial charge < -0.3 is 14.4 Å². The van der Waals surface area contributed by atoms with Crippen LogP contribution in [-0.4, -0.2) is 81.9 Å². The summed E-state index contributed by atoms with van der Waals surface area (Å²) >= 11 is 0. The Bertz CT molecular complexity index is 577. The van der Waals surface area contributed by atoms with Crippen molar-refractivity contribution in [3.05, 3.63) is 0 Å². The van der Waals surface area contributed by atoms with Crippen LogP contribution in [-0.2, 0) is 24.3 Å². The first-order chi connectivity index (χ1) is 14.8. The zero-order valence-electron chi connectivity index (χ0n) is 20.3. The van der Waals surface area contributed by atoms with E-state index in [1.165, 1.54) is 55.9 Å². The molecule has 1 saturated carbocycles. The van der Waals surface area contributed by atoms with Gasteiger partial charge in [-0.2, -0.15) is 4.31 Å². The highest BCUT2D eigenvalue weighted by molar-refractivity contribution is 7.88. The highest BCUT2D eigenvalue weighted by Crippen LogP contribution is 2.27. The monoisotopic (exact) mass is 462 g/mol. The van der Waals surface area contributed by atoms with Crippen molar-refractivity contribution in [2.45, 2.75) is 96.6 Å². The minimum atomic E-state index is -3.45. The number of carbonyl (C=O) groups excluding carboxylic acids is 1. The summed E-state index contributed by atoms with van der Waals surface area (Å²) in [6, 6.07) is -0.145. The Hall–Kier alpha value is -0.700. The molecule has 0 unspecified atom stereocenters. The van der Waals surface area contributed by atoms with Crippen LogP contribution < -0.4 is 0 Å². The van der Waals surface area contributed by atoms with Gasteiger partial charge in [0, 0.05) is 12.6 Å². The fraction of sp³-hybridized carbons (Fsp3) is 0.957. The molecule has 0 radical (unpaired) electrons. The lowest BCUT2D eigenvalue weighted by molar-refractivity contribution is -0.143. The lowest BCUT2D eigenvalue weighted by Crippen LogP contribution is -2.45. The second kappa shape index (κ2) is 16.0. The summed E-state index contributed by atoms with van der Waals surface area (Å²) in [4.78, 5) is 14.2. The number of sulfonamides is 1. The van der Waals surface area contributed by atoms with Crippen molar-refractivity contribution in [2.24, 2.45) is 0 Å². The maximum Gasteiger partial charge on any atom is 0.321 e. The van der Waals surface area contributed by atoms with E-state index in [0.29, 0.717) is 0 Å². The molecule has 1 rings (SSSR count). The molecule has 0 aliphatic heterocycles. The lowest BCUT2D eigenvalue weighted by atomic mass is 9.93. The van der Waals surface area contributed by atoms with Gasteiger partial charge in [0.05, 0.1) is 19.0 Å². The summed E-state index contributed by atoms with van der Waals surface area (Å²) in [5.74, 6) is -0.488. The standard InChI is InChI=1S/C23H46N2O5S/c1-5-7-10-17-24(3)18-11-8-9-12-19-30-22-15-13-21(14-16-22)25(31(4,27)28)20-23(26)29-6-2/h21-22H,5-20H2,1-4H3/t21-,22-. The summed E-state index contributed by atoms with van der Waals surface area (Å²) in [7, 11) is -1.23. The van der Waals surface area contributed by atoms with Gasteiger partial charge >= 0.3 is 5.97 Å². The van der Waals surface area contributed by atoms with Crippen molar-refractivity contribution >= 4 is 16.0 Å². The molecule has 0 N–H and O–H groups in total. The van der Waals surface area contributed by atoms with Gasteiger partial charge in [-0.25, -0.2) is 8.42 Å². The molecule has 0 aromatic heterocycles. The van der Waals surface area contributed by atoms with Crippen LogP contribution in [0.5, 0.6) is 0 Å². The predicted molar refractivity (Wildman–Crippen MR) is 126 cm³/mol. The van der Waals surface area contributed by atoms with Crippen LogP contribution in [0.1, 0.15) is 84.5 Å². The van der Waals surface area contributed by atoms with E-state index >= 15 is 0 Å². The van der Waals surface area contributed by atoms with E-state index in [9.17, 15) is 13.2 Å². The maximum atomic E-state index is 12.1. The minimum absolute atomic E-state index is 0.145. The molecule has 1 aliphatic rings. The number of esters is 1. The molecule has 31 heavy (non-hydrogen) atoms. The number of hydrogen-bond acceptors (Lipinski definition) is 6. The molecule has 0 amide bonds. The zero-order chi connectivity index (χ0) is 23.1. The molecule has 0 bridgehead atoms. The predicted octanol–water partition coefficient (Wildman–Crippen LogP) is 3.82. The first kappa shape index (κ1) is 28.3. The van der Waals surface area contributed by atoms with Crippen molar-refractivity contribution in [1.29, 1.82) is 0 Å². The van der Waals surface area contributed by atoms with Crippen LogP contribution in [0.25, 0.3) is 0 Å². The summed E-state index contributed by atoms with van der Waals surface area (Å²) in [6.07, 6.45) is 13.1. The molecule has 8 heteroatoms. The van der Waals surface area contributed by atoms with Gasteiger partial charge in [0.25, 0.3) is 0 Å². The Morgan fingerprint density at radius 2 is 1.55 bits per heavy atom. The third kappa shape index (κ3) is 12.8. The van der Waals surface area contributed by atoms with E-state index < -0.39 is 16.0 Å². The SMILES string of the molecule is CCCCCN(C)CCCCCCO[C@H]1CC[C@H](N(CC(=O)OCC)S(C)(=O)=O)CC1. The van der Waals surface area contributed by atoms with E-state index in [2.05, 4.69) is 18.9 Å². The fourth-order valence-corrected chi connectivity index (χ4v) is 5.27. The van der Waals surface area contributed by atoms with Crippen LogP contribution in [0.15, 0.2) is 0 Å². The largest absolute Gasteiger partial charge is 0.465 e. The van der Waals surface area contributed by atoms with Gasteiger partial charge in [-0.3, -0.25) is 4.79 Å². The van der Waals surface area contributed by atoms with Crippen LogP contribution in [0, 0.1) is 0 Å². The van der Waals surface area contributed by atoms with Gasteiger partial charge in [-0.15, -0.1) is 0 Å². The van der Waals surface area contributed by atoms with Crippen LogP contribution >= 0.6 is 0 Å². The molecule has 0 saturated heterocycles. The molecule has 7 nitrogen and oxygen atoms in total. The highest BCUT2D eigenvalue weighted by atomic mass is 32.2.